The zero-order valence-corrected chi connectivity index (χ0v) is 17.3. The number of aromatic nitrogens is 5. The molecule has 1 amide bonds. The normalized spacial score (nSPS) is 10.9. The number of fused-ring (bicyclic) bond motifs is 1. The molecular weight excluding hydrogens is 404 g/mol. The van der Waals surface area contributed by atoms with Crippen LogP contribution in [0.4, 0.5) is 5.69 Å². The Morgan fingerprint density at radius 3 is 2.80 bits per heavy atom. The Hall–Kier alpha value is -3.53. The summed E-state index contributed by atoms with van der Waals surface area (Å²) in [5, 5.41) is 15.4. The number of para-hydroxylation sites is 1. The van der Waals surface area contributed by atoms with Gasteiger partial charge in [0.2, 0.25) is 5.91 Å². The Morgan fingerprint density at radius 1 is 1.13 bits per heavy atom. The van der Waals surface area contributed by atoms with E-state index in [-0.39, 0.29) is 11.7 Å². The van der Waals surface area contributed by atoms with Gasteiger partial charge in [0.1, 0.15) is 12.2 Å². The fraction of sp³-hybridized carbons (Fsp3) is 0.200. The average molecular weight is 424 g/mol. The largest absolute Gasteiger partial charge is 0.493 e. The molecule has 0 fully saturated rings. The van der Waals surface area contributed by atoms with Crippen molar-refractivity contribution < 1.29 is 14.3 Å². The minimum atomic E-state index is -0.124. The lowest BCUT2D eigenvalue weighted by Crippen LogP contribution is -2.14. The van der Waals surface area contributed by atoms with Gasteiger partial charge in [-0.15, -0.1) is 16.9 Å². The standard InChI is InChI=1S/C20H20N6O3S/c1-28-18-8-7-15(9-19(18)29-2)30-12-20(27)22-14-10-21-25(11-14)13-26-17-6-4-3-5-16(17)23-24-26/h3-11H,12-13H2,1-2H3,(H,22,27). The summed E-state index contributed by atoms with van der Waals surface area (Å²) in [6.07, 6.45) is 3.37. The number of nitrogens with zero attached hydrogens (tertiary/aromatic N) is 5. The van der Waals surface area contributed by atoms with Gasteiger partial charge in [-0.25, -0.2) is 9.36 Å². The van der Waals surface area contributed by atoms with Crippen molar-refractivity contribution in [2.45, 2.75) is 11.6 Å². The molecule has 2 aromatic heterocycles. The van der Waals surface area contributed by atoms with Crippen LogP contribution in [0.2, 0.25) is 0 Å². The Bertz CT molecular complexity index is 1170. The van der Waals surface area contributed by atoms with Gasteiger partial charge in [0.05, 0.1) is 43.6 Å². The number of hydrogen-bond acceptors (Lipinski definition) is 7. The van der Waals surface area contributed by atoms with Gasteiger partial charge in [-0.1, -0.05) is 17.3 Å². The molecule has 154 valence electrons. The van der Waals surface area contributed by atoms with Gasteiger partial charge in [-0.05, 0) is 30.3 Å². The predicted octanol–water partition coefficient (Wildman–Crippen LogP) is 2.88. The van der Waals surface area contributed by atoms with Gasteiger partial charge in [0.25, 0.3) is 0 Å². The van der Waals surface area contributed by atoms with Gasteiger partial charge in [-0.3, -0.25) is 4.79 Å². The van der Waals surface area contributed by atoms with Crippen LogP contribution in [0, 0.1) is 0 Å². The summed E-state index contributed by atoms with van der Waals surface area (Å²) in [4.78, 5) is 13.2. The summed E-state index contributed by atoms with van der Waals surface area (Å²) in [5.41, 5.74) is 2.37. The number of carbonyl (C=O) groups is 1. The molecule has 0 aliphatic rings. The Labute approximate surface area is 177 Å². The molecule has 0 spiro atoms. The van der Waals surface area contributed by atoms with E-state index in [2.05, 4.69) is 20.7 Å². The van der Waals surface area contributed by atoms with Crippen molar-refractivity contribution in [3.8, 4) is 11.5 Å². The third-order valence-electron chi connectivity index (χ3n) is 4.34. The first-order valence-corrected chi connectivity index (χ1v) is 10.1. The van der Waals surface area contributed by atoms with Gasteiger partial charge < -0.3 is 14.8 Å². The molecule has 0 atom stereocenters. The fourth-order valence-corrected chi connectivity index (χ4v) is 3.64. The fourth-order valence-electron chi connectivity index (χ4n) is 2.92. The second-order valence-corrected chi connectivity index (χ2v) is 7.39. The monoisotopic (exact) mass is 424 g/mol. The summed E-state index contributed by atoms with van der Waals surface area (Å²) >= 11 is 1.41. The van der Waals surface area contributed by atoms with E-state index in [0.29, 0.717) is 23.9 Å². The first kappa shape index (κ1) is 19.8. The molecule has 0 bridgehead atoms. The summed E-state index contributed by atoms with van der Waals surface area (Å²) < 4.78 is 14.0. The first-order chi connectivity index (χ1) is 14.7. The SMILES string of the molecule is COc1ccc(SCC(=O)Nc2cnn(Cn3nnc4ccccc43)c2)cc1OC. The third-order valence-corrected chi connectivity index (χ3v) is 5.33. The third kappa shape index (κ3) is 4.38. The quantitative estimate of drug-likeness (QED) is 0.435. The highest BCUT2D eigenvalue weighted by atomic mass is 32.2. The summed E-state index contributed by atoms with van der Waals surface area (Å²) in [5.74, 6) is 1.42. The van der Waals surface area contributed by atoms with E-state index >= 15 is 0 Å². The van der Waals surface area contributed by atoms with Gasteiger partial charge >= 0.3 is 0 Å². The van der Waals surface area contributed by atoms with Crippen LogP contribution >= 0.6 is 11.8 Å². The molecule has 0 unspecified atom stereocenters. The zero-order chi connectivity index (χ0) is 20.9. The number of hydrogen-bond donors (Lipinski definition) is 1. The summed E-state index contributed by atoms with van der Waals surface area (Å²) in [6.45, 7) is 0.400. The second-order valence-electron chi connectivity index (χ2n) is 6.34. The molecule has 0 radical (unpaired) electrons. The second kappa shape index (κ2) is 8.87. The molecule has 9 nitrogen and oxygen atoms in total. The van der Waals surface area contributed by atoms with Crippen molar-refractivity contribution in [1.82, 2.24) is 24.8 Å². The van der Waals surface area contributed by atoms with Crippen LogP contribution in [0.15, 0.2) is 59.8 Å². The minimum Gasteiger partial charge on any atom is -0.493 e. The molecule has 4 aromatic rings. The molecule has 0 saturated heterocycles. The number of ether oxygens (including phenoxy) is 2. The van der Waals surface area contributed by atoms with Crippen molar-refractivity contribution in [3.05, 3.63) is 54.9 Å². The maximum Gasteiger partial charge on any atom is 0.234 e. The topological polar surface area (TPSA) is 96.1 Å². The lowest BCUT2D eigenvalue weighted by atomic mass is 10.3. The first-order valence-electron chi connectivity index (χ1n) is 9.11. The number of carbonyl (C=O) groups excluding carboxylic acids is 1. The molecule has 0 aliphatic carbocycles. The lowest BCUT2D eigenvalue weighted by molar-refractivity contribution is -0.113. The van der Waals surface area contributed by atoms with Crippen LogP contribution in [-0.2, 0) is 11.5 Å². The van der Waals surface area contributed by atoms with E-state index in [1.165, 1.54) is 11.8 Å². The highest BCUT2D eigenvalue weighted by Crippen LogP contribution is 2.31. The molecule has 4 rings (SSSR count). The zero-order valence-electron chi connectivity index (χ0n) is 16.5. The Kier molecular flexibility index (Phi) is 5.84. The minimum absolute atomic E-state index is 0.124. The number of benzene rings is 2. The molecule has 2 aromatic carbocycles. The number of rotatable bonds is 8. The smallest absolute Gasteiger partial charge is 0.234 e. The van der Waals surface area contributed by atoms with Crippen LogP contribution in [0.3, 0.4) is 0 Å². The van der Waals surface area contributed by atoms with Crippen molar-refractivity contribution in [3.63, 3.8) is 0 Å². The number of thioether (sulfide) groups is 1. The van der Waals surface area contributed by atoms with E-state index in [0.717, 1.165) is 15.9 Å². The Morgan fingerprint density at radius 2 is 1.97 bits per heavy atom. The molecule has 30 heavy (non-hydrogen) atoms. The van der Waals surface area contributed by atoms with E-state index in [9.17, 15) is 4.79 Å². The Balaban J connectivity index is 1.34. The van der Waals surface area contributed by atoms with Crippen LogP contribution in [0.25, 0.3) is 11.0 Å². The van der Waals surface area contributed by atoms with Gasteiger partial charge in [0.15, 0.2) is 11.5 Å². The number of nitrogens with one attached hydrogen (secondary N) is 1. The van der Waals surface area contributed by atoms with E-state index in [4.69, 9.17) is 9.47 Å². The maximum absolute atomic E-state index is 12.3. The van der Waals surface area contributed by atoms with Crippen molar-refractivity contribution in [2.75, 3.05) is 25.3 Å². The van der Waals surface area contributed by atoms with Crippen LogP contribution in [-0.4, -0.2) is 50.7 Å². The predicted molar refractivity (Wildman–Crippen MR) is 114 cm³/mol. The molecule has 1 N–H and O–H groups in total. The average Bonchev–Trinajstić information content (AvgIpc) is 3.39. The highest BCUT2D eigenvalue weighted by molar-refractivity contribution is 8.00. The molecule has 0 aliphatic heterocycles. The van der Waals surface area contributed by atoms with E-state index in [1.807, 2.05) is 42.5 Å². The van der Waals surface area contributed by atoms with Crippen molar-refractivity contribution in [2.24, 2.45) is 0 Å². The number of methoxy groups -OCH3 is 2. The summed E-state index contributed by atoms with van der Waals surface area (Å²) in [6, 6.07) is 13.3. The van der Waals surface area contributed by atoms with Gasteiger partial charge in [0, 0.05) is 4.90 Å². The van der Waals surface area contributed by atoms with Crippen molar-refractivity contribution >= 4 is 34.4 Å². The van der Waals surface area contributed by atoms with Gasteiger partial charge in [-0.2, -0.15) is 5.10 Å². The summed E-state index contributed by atoms with van der Waals surface area (Å²) in [7, 11) is 3.17. The lowest BCUT2D eigenvalue weighted by Gasteiger charge is -2.09. The van der Waals surface area contributed by atoms with Crippen LogP contribution in [0.1, 0.15) is 0 Å². The molecule has 10 heteroatoms. The molecule has 2 heterocycles. The van der Waals surface area contributed by atoms with E-state index < -0.39 is 0 Å². The molecule has 0 saturated carbocycles. The highest BCUT2D eigenvalue weighted by Gasteiger charge is 2.10. The maximum atomic E-state index is 12.3. The van der Waals surface area contributed by atoms with E-state index in [1.54, 1.807) is 36.0 Å². The van der Waals surface area contributed by atoms with Crippen LogP contribution in [0.5, 0.6) is 11.5 Å². The molecular formula is C20H20N6O3S. The number of anilines is 1. The van der Waals surface area contributed by atoms with Crippen molar-refractivity contribution in [1.29, 1.82) is 0 Å². The van der Waals surface area contributed by atoms with Crippen LogP contribution < -0.4 is 14.8 Å². The number of amides is 1.